The van der Waals surface area contributed by atoms with Crippen LogP contribution in [0.5, 0.6) is 0 Å². The fraction of sp³-hybridized carbons (Fsp3) is 0.123. The Kier molecular flexibility index (Phi) is 16.0. The van der Waals surface area contributed by atoms with Crippen LogP contribution in [0, 0.1) is 0 Å². The molecule has 77 heavy (non-hydrogen) atoms. The number of ether oxygens (including phenoxy) is 1. The number of hydrogen-bond donors (Lipinski definition) is 7. The Bertz CT molecular complexity index is 3560. The number of carboxylic acid groups (broad SMARTS) is 1. The molecule has 10 aromatic rings. The Labute approximate surface area is 441 Å². The van der Waals surface area contributed by atoms with E-state index in [4.69, 9.17) is 4.74 Å². The van der Waals surface area contributed by atoms with Crippen molar-refractivity contribution in [3.63, 3.8) is 0 Å². The number of hydrogen-bond acceptors (Lipinski definition) is 15. The minimum Gasteiger partial charge on any atom is -0.480 e. The van der Waals surface area contributed by atoms with Crippen molar-refractivity contribution in [3.05, 3.63) is 194 Å². The monoisotopic (exact) mass is 1030 g/mol. The van der Waals surface area contributed by atoms with Crippen molar-refractivity contribution in [1.29, 1.82) is 0 Å². The summed E-state index contributed by atoms with van der Waals surface area (Å²) in [7, 11) is 4.80. The van der Waals surface area contributed by atoms with E-state index >= 15 is 0 Å². The van der Waals surface area contributed by atoms with Gasteiger partial charge in [-0.2, -0.15) is 0 Å². The van der Waals surface area contributed by atoms with Crippen LogP contribution in [0.25, 0.3) is 44.6 Å². The van der Waals surface area contributed by atoms with Crippen LogP contribution in [0.4, 0.5) is 34.9 Å². The van der Waals surface area contributed by atoms with Gasteiger partial charge in [-0.3, -0.25) is 9.59 Å². The van der Waals surface area contributed by atoms with Crippen LogP contribution in [-0.2, 0) is 14.3 Å². The highest BCUT2D eigenvalue weighted by Gasteiger charge is 2.28. The first-order chi connectivity index (χ1) is 37.6. The van der Waals surface area contributed by atoms with E-state index in [1.54, 1.807) is 98.4 Å². The van der Waals surface area contributed by atoms with Crippen LogP contribution in [-0.4, -0.2) is 115 Å². The van der Waals surface area contributed by atoms with E-state index in [1.165, 1.54) is 7.11 Å². The van der Waals surface area contributed by atoms with Gasteiger partial charge in [-0.05, 0) is 109 Å². The Morgan fingerprint density at radius 2 is 0.974 bits per heavy atom. The van der Waals surface area contributed by atoms with Gasteiger partial charge in [0.05, 0.1) is 43.0 Å². The third-order valence-electron chi connectivity index (χ3n) is 12.2. The number of H-pyrrole nitrogens is 2. The number of benzene rings is 4. The number of aromatic nitrogens is 8. The molecule has 10 rings (SSSR count). The first kappa shape index (κ1) is 51.4. The molecule has 2 amide bonds. The third-order valence-corrected chi connectivity index (χ3v) is 12.2. The number of carbonyl (C=O) groups is 4. The number of rotatable bonds is 18. The topological polar surface area (TPSA) is 261 Å². The summed E-state index contributed by atoms with van der Waals surface area (Å²) in [5, 5.41) is 23.0. The van der Waals surface area contributed by atoms with Gasteiger partial charge in [0.1, 0.15) is 23.7 Å². The average Bonchev–Trinajstić information content (AvgIpc) is 4.14. The van der Waals surface area contributed by atoms with Gasteiger partial charge in [0.15, 0.2) is 0 Å². The second kappa shape index (κ2) is 24.0. The van der Waals surface area contributed by atoms with Crippen molar-refractivity contribution in [2.24, 2.45) is 0 Å². The van der Waals surface area contributed by atoms with Gasteiger partial charge in [-0.25, -0.2) is 39.5 Å². The van der Waals surface area contributed by atoms with Crippen molar-refractivity contribution in [2.45, 2.75) is 12.1 Å². The molecule has 4 aromatic carbocycles. The van der Waals surface area contributed by atoms with E-state index < -0.39 is 35.8 Å². The normalized spacial score (nSPS) is 11.6. The van der Waals surface area contributed by atoms with Crippen molar-refractivity contribution < 1.29 is 29.0 Å². The summed E-state index contributed by atoms with van der Waals surface area (Å²) >= 11 is 0. The molecular weight excluding hydrogens is 977 g/mol. The number of carbonyl (C=O) groups excluding carboxylic acids is 3. The number of aliphatic carboxylic acids is 1. The maximum Gasteiger partial charge on any atom is 0.330 e. The summed E-state index contributed by atoms with van der Waals surface area (Å²) in [6, 6.07) is 45.5. The lowest BCUT2D eigenvalue weighted by Crippen LogP contribution is -2.48. The number of methoxy groups -OCH3 is 1. The zero-order valence-electron chi connectivity index (χ0n) is 42.0. The fourth-order valence-electron chi connectivity index (χ4n) is 8.34. The largest absolute Gasteiger partial charge is 0.480 e. The lowest BCUT2D eigenvalue weighted by atomic mass is 10.1. The van der Waals surface area contributed by atoms with E-state index in [0.717, 1.165) is 50.3 Å². The van der Waals surface area contributed by atoms with Gasteiger partial charge in [0, 0.05) is 83.2 Å². The number of carboxylic acids is 1. The SMILES string of the molecule is CNc1nccc(-c2cc3cc(C(=O)N[C@@H](CN(c4ccccc4)c4ccccn4)C(=O)O)ccc3[nH]2)n1.CNc1nccc(-c2cc3cc(C(=O)N[C@@H](CN(c4ccccc4)c4ccccn4)C(=O)OC)ccc3[nH]2)n1. The number of anilines is 6. The van der Waals surface area contributed by atoms with Crippen LogP contribution in [0.1, 0.15) is 20.7 Å². The number of nitrogens with zero attached hydrogens (tertiary/aromatic N) is 8. The van der Waals surface area contributed by atoms with Crippen molar-refractivity contribution in [2.75, 3.05) is 54.7 Å². The number of pyridine rings is 2. The second-order valence-corrected chi connectivity index (χ2v) is 17.2. The maximum atomic E-state index is 13.3. The van der Waals surface area contributed by atoms with Crippen LogP contribution >= 0.6 is 0 Å². The summed E-state index contributed by atoms with van der Waals surface area (Å²) in [6.45, 7) is 0.109. The summed E-state index contributed by atoms with van der Waals surface area (Å²) in [6.07, 6.45) is 6.66. The molecule has 0 spiro atoms. The maximum absolute atomic E-state index is 13.3. The number of esters is 1. The minimum atomic E-state index is -1.19. The quantitative estimate of drug-likeness (QED) is 0.0399. The molecule has 6 heterocycles. The Hall–Kier alpha value is -10.5. The summed E-state index contributed by atoms with van der Waals surface area (Å²) in [5.74, 6) is -0.379. The molecule has 0 aliphatic heterocycles. The zero-order chi connectivity index (χ0) is 53.7. The fourth-order valence-corrected chi connectivity index (χ4v) is 8.34. The molecule has 386 valence electrons. The van der Waals surface area contributed by atoms with E-state index in [9.17, 15) is 24.3 Å². The van der Waals surface area contributed by atoms with E-state index in [1.807, 2.05) is 108 Å². The number of amides is 2. The molecule has 6 aromatic heterocycles. The van der Waals surface area contributed by atoms with Gasteiger partial charge in [-0.15, -0.1) is 0 Å². The number of aromatic amines is 2. The predicted octanol–water partition coefficient (Wildman–Crippen LogP) is 8.25. The van der Waals surface area contributed by atoms with Crippen molar-refractivity contribution >= 4 is 80.5 Å². The summed E-state index contributed by atoms with van der Waals surface area (Å²) in [4.78, 5) is 87.8. The van der Waals surface area contributed by atoms with E-state index in [2.05, 4.69) is 61.1 Å². The zero-order valence-corrected chi connectivity index (χ0v) is 42.0. The number of fused-ring (bicyclic) bond motifs is 2. The molecule has 0 aliphatic rings. The van der Waals surface area contributed by atoms with Crippen LogP contribution < -0.4 is 31.1 Å². The summed E-state index contributed by atoms with van der Waals surface area (Å²) in [5.41, 5.74) is 7.00. The van der Waals surface area contributed by atoms with E-state index in [0.29, 0.717) is 40.4 Å². The number of nitrogens with one attached hydrogen (secondary N) is 6. The Balaban J connectivity index is 0.000000188. The molecule has 0 saturated carbocycles. The van der Waals surface area contributed by atoms with Crippen LogP contribution in [0.15, 0.2) is 183 Å². The average molecular weight is 1030 g/mol. The smallest absolute Gasteiger partial charge is 0.330 e. The predicted molar refractivity (Wildman–Crippen MR) is 295 cm³/mol. The molecule has 2 atom stereocenters. The summed E-state index contributed by atoms with van der Waals surface area (Å²) < 4.78 is 5.04. The molecule has 7 N–H and O–H groups in total. The molecule has 0 aliphatic carbocycles. The highest BCUT2D eigenvalue weighted by molar-refractivity contribution is 6.02. The molecule has 20 nitrogen and oxygen atoms in total. The van der Waals surface area contributed by atoms with Gasteiger partial charge in [-0.1, -0.05) is 48.5 Å². The lowest BCUT2D eigenvalue weighted by molar-refractivity contribution is -0.142. The Morgan fingerprint density at radius 3 is 1.39 bits per heavy atom. The van der Waals surface area contributed by atoms with Gasteiger partial charge < -0.3 is 50.9 Å². The molecular formula is C57H52N14O6. The first-order valence-electron chi connectivity index (χ1n) is 24.2. The second-order valence-electron chi connectivity index (χ2n) is 17.2. The molecule has 0 bridgehead atoms. The number of para-hydroxylation sites is 2. The van der Waals surface area contributed by atoms with Gasteiger partial charge >= 0.3 is 11.9 Å². The lowest BCUT2D eigenvalue weighted by Gasteiger charge is -2.28. The first-order valence-corrected chi connectivity index (χ1v) is 24.2. The van der Waals surface area contributed by atoms with Crippen LogP contribution in [0.3, 0.4) is 0 Å². The molecule has 0 radical (unpaired) electrons. The van der Waals surface area contributed by atoms with Crippen molar-refractivity contribution in [3.8, 4) is 22.8 Å². The van der Waals surface area contributed by atoms with E-state index in [-0.39, 0.29) is 13.1 Å². The molecule has 0 unspecified atom stereocenters. The highest BCUT2D eigenvalue weighted by atomic mass is 16.5. The minimum absolute atomic E-state index is 0.0137. The van der Waals surface area contributed by atoms with Gasteiger partial charge in [0.2, 0.25) is 11.9 Å². The van der Waals surface area contributed by atoms with Gasteiger partial charge in [0.25, 0.3) is 11.8 Å². The third kappa shape index (κ3) is 12.5. The van der Waals surface area contributed by atoms with Crippen molar-refractivity contribution in [1.82, 2.24) is 50.5 Å². The Morgan fingerprint density at radius 1 is 0.532 bits per heavy atom. The molecule has 0 fully saturated rings. The molecule has 0 saturated heterocycles. The highest BCUT2D eigenvalue weighted by Crippen LogP contribution is 2.28. The standard InChI is InChI=1S/C29H27N7O3.C28H25N7O3/c1-30-29-32-15-13-23(35-29)24-17-20-16-19(11-12-22(20)33-24)27(37)34-25(28(38)39-2)18-36(21-8-4-3-5-9-21)26-10-6-7-14-31-26;1-29-28-31-14-12-22(34-28)23-16-19-15-18(10-11-21(19)32-23)26(36)33-24(27(37)38)17-35(20-7-3-2-4-8-20)25-9-5-6-13-30-25/h3-17,25,33H,18H2,1-2H3,(H,34,37)(H,30,32,35);2-16,24,32H,17H2,1H3,(H,33,36)(H,37,38)(H,29,31,34)/t25-;24-/m00/s1. The van der Waals surface area contributed by atoms with Crippen LogP contribution in [0.2, 0.25) is 0 Å². The molecule has 20 heteroatoms.